The quantitative estimate of drug-likeness (QED) is 0.118. The van der Waals surface area contributed by atoms with E-state index >= 15 is 0 Å². The van der Waals surface area contributed by atoms with Gasteiger partial charge < -0.3 is 24.9 Å². The number of aldehydes is 1. The summed E-state index contributed by atoms with van der Waals surface area (Å²) in [5, 5.41) is 6.90. The summed E-state index contributed by atoms with van der Waals surface area (Å²) in [6.07, 6.45) is -4.63. The molecule has 2 aromatic carbocycles. The number of hydrogen-bond acceptors (Lipinski definition) is 9. The predicted octanol–water partition coefficient (Wildman–Crippen LogP) is 3.03. The fraction of sp³-hybridized carbons (Fsp3) is 0.269. The lowest BCUT2D eigenvalue weighted by molar-refractivity contribution is -0.202. The molecular weight excluding hydrogens is 601 g/mol. The van der Waals surface area contributed by atoms with Crippen LogP contribution in [0.5, 0.6) is 5.75 Å². The van der Waals surface area contributed by atoms with Gasteiger partial charge in [-0.15, -0.1) is 0 Å². The number of carbonyl (C=O) groups is 3. The van der Waals surface area contributed by atoms with Crippen molar-refractivity contribution in [2.24, 2.45) is 0 Å². The Bertz CT molecular complexity index is 1580. The number of nitrogens with zero attached hydrogens (tertiary/aromatic N) is 1. The Labute approximate surface area is 243 Å². The molecule has 0 amide bonds. The number of pyridine rings is 1. The second-order valence-electron chi connectivity index (χ2n) is 8.56. The number of anilines is 1. The van der Waals surface area contributed by atoms with Gasteiger partial charge in [-0.05, 0) is 49.0 Å². The first-order chi connectivity index (χ1) is 19.8. The molecule has 0 aliphatic heterocycles. The van der Waals surface area contributed by atoms with Crippen LogP contribution in [0.2, 0.25) is 0 Å². The van der Waals surface area contributed by atoms with E-state index in [2.05, 4.69) is 20.4 Å². The number of ether oxygens (including phenoxy) is 2. The Morgan fingerprint density at radius 1 is 1.14 bits per heavy atom. The SMILES string of the molecule is CCNC(=S)Nc1ccc(S(=O)(=O)NC(C=O)CC(=O)OC(=O)C(F)(F)F)c(OCCc2cccc3ncccc23)c1. The van der Waals surface area contributed by atoms with Gasteiger partial charge in [0.2, 0.25) is 10.0 Å². The highest BCUT2D eigenvalue weighted by molar-refractivity contribution is 7.89. The average Bonchev–Trinajstić information content (AvgIpc) is 2.92. The summed E-state index contributed by atoms with van der Waals surface area (Å²) >= 11 is 5.17. The second-order valence-corrected chi connectivity index (χ2v) is 10.6. The van der Waals surface area contributed by atoms with Gasteiger partial charge in [0.05, 0.1) is 24.6 Å². The summed E-state index contributed by atoms with van der Waals surface area (Å²) in [4.78, 5) is 38.0. The normalized spacial score (nSPS) is 12.3. The van der Waals surface area contributed by atoms with Crippen LogP contribution in [0.1, 0.15) is 18.9 Å². The molecule has 3 aromatic rings. The lowest BCUT2D eigenvalue weighted by atomic mass is 10.1. The van der Waals surface area contributed by atoms with E-state index in [0.29, 0.717) is 18.7 Å². The number of hydrogen-bond donors (Lipinski definition) is 3. The van der Waals surface area contributed by atoms with Crippen LogP contribution in [-0.2, 0) is 35.6 Å². The monoisotopic (exact) mass is 626 g/mol. The van der Waals surface area contributed by atoms with Crippen LogP contribution >= 0.6 is 12.2 Å². The van der Waals surface area contributed by atoms with Crippen molar-refractivity contribution in [1.82, 2.24) is 15.0 Å². The van der Waals surface area contributed by atoms with Crippen molar-refractivity contribution in [3.05, 3.63) is 60.3 Å². The van der Waals surface area contributed by atoms with Crippen LogP contribution in [0.15, 0.2) is 59.6 Å². The summed E-state index contributed by atoms with van der Waals surface area (Å²) < 4.78 is 74.9. The number of thiocarbonyl (C=S) groups is 1. The first kappa shape index (κ1) is 32.4. The third-order valence-corrected chi connectivity index (χ3v) is 7.26. The van der Waals surface area contributed by atoms with Crippen LogP contribution in [0, 0.1) is 0 Å². The van der Waals surface area contributed by atoms with Gasteiger partial charge in [0.1, 0.15) is 16.9 Å². The third kappa shape index (κ3) is 8.92. The molecule has 16 heteroatoms. The molecule has 0 bridgehead atoms. The van der Waals surface area contributed by atoms with Crippen LogP contribution < -0.4 is 20.1 Å². The highest BCUT2D eigenvalue weighted by Gasteiger charge is 2.42. The largest absolute Gasteiger partial charge is 0.492 e. The molecule has 0 fully saturated rings. The molecule has 11 nitrogen and oxygen atoms in total. The smallest absolute Gasteiger partial charge is 0.491 e. The maximum Gasteiger partial charge on any atom is 0.491 e. The summed E-state index contributed by atoms with van der Waals surface area (Å²) in [6.45, 7) is 2.36. The van der Waals surface area contributed by atoms with Gasteiger partial charge in [-0.1, -0.05) is 18.2 Å². The van der Waals surface area contributed by atoms with E-state index in [9.17, 15) is 36.0 Å². The van der Waals surface area contributed by atoms with Crippen molar-refractivity contribution in [3.63, 3.8) is 0 Å². The van der Waals surface area contributed by atoms with Crippen molar-refractivity contribution in [2.75, 3.05) is 18.5 Å². The van der Waals surface area contributed by atoms with Crippen LogP contribution in [0.25, 0.3) is 10.9 Å². The van der Waals surface area contributed by atoms with Crippen molar-refractivity contribution in [2.45, 2.75) is 36.9 Å². The number of nitrogens with one attached hydrogen (secondary N) is 3. The Hall–Kier alpha value is -4.15. The minimum absolute atomic E-state index is 0.0145. The molecule has 1 aromatic heterocycles. The molecule has 0 saturated carbocycles. The molecule has 3 N–H and O–H groups in total. The molecule has 1 atom stereocenters. The van der Waals surface area contributed by atoms with Crippen molar-refractivity contribution in [3.8, 4) is 5.75 Å². The Balaban J connectivity index is 1.83. The third-order valence-electron chi connectivity index (χ3n) is 5.49. The number of sulfonamides is 1. The van der Waals surface area contributed by atoms with E-state index in [1.807, 2.05) is 35.9 Å². The van der Waals surface area contributed by atoms with Crippen molar-refractivity contribution in [1.29, 1.82) is 0 Å². The fourth-order valence-corrected chi connectivity index (χ4v) is 5.23. The number of rotatable bonds is 12. The van der Waals surface area contributed by atoms with Gasteiger partial charge in [0.25, 0.3) is 0 Å². The first-order valence-corrected chi connectivity index (χ1v) is 14.2. The van der Waals surface area contributed by atoms with Gasteiger partial charge >= 0.3 is 18.1 Å². The lowest BCUT2D eigenvalue weighted by Gasteiger charge is -2.17. The number of benzene rings is 2. The average molecular weight is 627 g/mol. The number of halogens is 3. The number of alkyl halides is 3. The summed E-state index contributed by atoms with van der Waals surface area (Å²) in [5.74, 6) is -4.70. The lowest BCUT2D eigenvalue weighted by Crippen LogP contribution is -2.39. The number of fused-ring (bicyclic) bond motifs is 1. The molecule has 0 spiro atoms. The number of carbonyl (C=O) groups excluding carboxylic acids is 3. The molecule has 0 saturated heterocycles. The minimum atomic E-state index is -5.45. The number of aromatic nitrogens is 1. The van der Waals surface area contributed by atoms with Crippen LogP contribution in [0.4, 0.5) is 18.9 Å². The zero-order valence-corrected chi connectivity index (χ0v) is 23.6. The zero-order chi connectivity index (χ0) is 30.9. The Morgan fingerprint density at radius 2 is 1.90 bits per heavy atom. The minimum Gasteiger partial charge on any atom is -0.492 e. The van der Waals surface area contributed by atoms with E-state index in [0.717, 1.165) is 22.5 Å². The molecule has 1 heterocycles. The van der Waals surface area contributed by atoms with Crippen molar-refractivity contribution < 1.29 is 45.4 Å². The van der Waals surface area contributed by atoms with Gasteiger partial charge in [-0.3, -0.25) is 9.78 Å². The molecule has 0 aliphatic carbocycles. The second kappa shape index (κ2) is 14.2. The highest BCUT2D eigenvalue weighted by atomic mass is 32.2. The van der Waals surface area contributed by atoms with E-state index in [1.165, 1.54) is 12.1 Å². The molecule has 224 valence electrons. The molecule has 0 aliphatic rings. The van der Waals surface area contributed by atoms with E-state index in [4.69, 9.17) is 17.0 Å². The van der Waals surface area contributed by atoms with Gasteiger partial charge in [0.15, 0.2) is 5.11 Å². The molecule has 1 unspecified atom stereocenters. The summed E-state index contributed by atoms with van der Waals surface area (Å²) in [7, 11) is -4.60. The maximum absolute atomic E-state index is 13.2. The Morgan fingerprint density at radius 3 is 2.60 bits per heavy atom. The van der Waals surface area contributed by atoms with Gasteiger partial charge in [-0.2, -0.15) is 13.2 Å². The van der Waals surface area contributed by atoms with Crippen LogP contribution in [0.3, 0.4) is 0 Å². The topological polar surface area (TPSA) is 153 Å². The highest BCUT2D eigenvalue weighted by Crippen LogP contribution is 2.29. The molecular formula is C26H25F3N4O7S2. The van der Waals surface area contributed by atoms with E-state index in [-0.39, 0.29) is 23.8 Å². The zero-order valence-electron chi connectivity index (χ0n) is 21.9. The molecule has 42 heavy (non-hydrogen) atoms. The fourth-order valence-electron chi connectivity index (χ4n) is 3.68. The van der Waals surface area contributed by atoms with E-state index in [1.54, 1.807) is 12.3 Å². The summed E-state index contributed by atoms with van der Waals surface area (Å²) in [5.41, 5.74) is 2.02. The predicted molar refractivity (Wildman–Crippen MR) is 149 cm³/mol. The van der Waals surface area contributed by atoms with Crippen molar-refractivity contribution >= 4 is 62.2 Å². The first-order valence-electron chi connectivity index (χ1n) is 12.3. The summed E-state index contributed by atoms with van der Waals surface area (Å²) in [6, 6.07) is 11.2. The van der Waals surface area contributed by atoms with Gasteiger partial charge in [-0.25, -0.2) is 17.9 Å². The number of esters is 2. The van der Waals surface area contributed by atoms with Gasteiger partial charge in [0, 0.05) is 36.3 Å². The maximum atomic E-state index is 13.2. The standard InChI is InChI=1S/C26H25F3N4O7S2/c1-2-30-25(41)32-17-8-9-22(42(37,38)33-18(15-34)14-23(35)40-24(36)26(27,28)29)21(13-17)39-12-10-16-5-3-7-20-19(16)6-4-11-31-20/h3-9,11,13,15,18,33H,2,10,12,14H2,1H3,(H2,30,32,41). The molecule has 3 rings (SSSR count). The van der Waals surface area contributed by atoms with Crippen LogP contribution in [-0.4, -0.2) is 62.1 Å². The molecule has 0 radical (unpaired) electrons. The Kier molecular flexibility index (Phi) is 10.9. The van der Waals surface area contributed by atoms with E-state index < -0.39 is 45.5 Å².